The zero-order valence-corrected chi connectivity index (χ0v) is 15.0. The SMILES string of the molecule is Cl.Oc1ccc2c(c1)[C@@]13CCCC[C@@]1(O)[C@@H](C2)N(CC1CC1)CC3. The molecule has 1 aromatic carbocycles. The van der Waals surface area contributed by atoms with E-state index in [1.54, 1.807) is 0 Å². The molecule has 3 aliphatic carbocycles. The molecule has 0 radical (unpaired) electrons. The summed E-state index contributed by atoms with van der Waals surface area (Å²) in [5.74, 6) is 1.22. The normalized spacial score (nSPS) is 38.0. The zero-order valence-electron chi connectivity index (χ0n) is 14.2. The number of halogens is 1. The summed E-state index contributed by atoms with van der Waals surface area (Å²) >= 11 is 0. The van der Waals surface area contributed by atoms with Crippen LogP contribution in [0.25, 0.3) is 0 Å². The topological polar surface area (TPSA) is 43.7 Å². The third kappa shape index (κ3) is 2.17. The molecule has 0 aromatic heterocycles. The number of aromatic hydroxyl groups is 1. The zero-order chi connectivity index (χ0) is 15.7. The Hall–Kier alpha value is -0.770. The Morgan fingerprint density at radius 2 is 1.92 bits per heavy atom. The number of likely N-dealkylation sites (tertiary alicyclic amines) is 1. The van der Waals surface area contributed by atoms with Crippen molar-refractivity contribution in [3.63, 3.8) is 0 Å². The summed E-state index contributed by atoms with van der Waals surface area (Å²) in [4.78, 5) is 2.61. The number of phenolic OH excluding ortho intramolecular Hbond substituents is 1. The number of fused-ring (bicyclic) bond motifs is 1. The molecule has 0 spiro atoms. The van der Waals surface area contributed by atoms with Crippen molar-refractivity contribution in [3.8, 4) is 5.75 Å². The summed E-state index contributed by atoms with van der Waals surface area (Å²) in [5.41, 5.74) is 1.89. The van der Waals surface area contributed by atoms with E-state index in [2.05, 4.69) is 11.0 Å². The second kappa shape index (κ2) is 5.62. The first-order valence-electron chi connectivity index (χ1n) is 9.41. The Labute approximate surface area is 150 Å². The fourth-order valence-electron chi connectivity index (χ4n) is 5.94. The molecule has 1 heterocycles. The molecular formula is C20H28ClNO2. The van der Waals surface area contributed by atoms with Gasteiger partial charge in [-0.1, -0.05) is 18.9 Å². The van der Waals surface area contributed by atoms with Crippen molar-refractivity contribution in [3.05, 3.63) is 29.3 Å². The van der Waals surface area contributed by atoms with Gasteiger partial charge in [-0.15, -0.1) is 12.4 Å². The van der Waals surface area contributed by atoms with Crippen molar-refractivity contribution in [2.24, 2.45) is 5.92 Å². The number of benzene rings is 1. The van der Waals surface area contributed by atoms with E-state index in [1.807, 2.05) is 12.1 Å². The Kier molecular flexibility index (Phi) is 3.91. The molecule has 5 rings (SSSR count). The first-order valence-corrected chi connectivity index (χ1v) is 9.41. The summed E-state index contributed by atoms with van der Waals surface area (Å²) in [6.45, 7) is 2.29. The highest BCUT2D eigenvalue weighted by atomic mass is 35.5. The smallest absolute Gasteiger partial charge is 0.115 e. The maximum atomic E-state index is 11.9. The monoisotopic (exact) mass is 349 g/mol. The fourth-order valence-corrected chi connectivity index (χ4v) is 5.94. The third-order valence-electron chi connectivity index (χ3n) is 7.27. The Balaban J connectivity index is 0.00000146. The number of piperidine rings is 1. The highest BCUT2D eigenvalue weighted by molar-refractivity contribution is 5.85. The minimum absolute atomic E-state index is 0. The molecule has 4 aliphatic rings. The Bertz CT molecular complexity index is 647. The molecule has 3 nitrogen and oxygen atoms in total. The van der Waals surface area contributed by atoms with Crippen molar-refractivity contribution < 1.29 is 10.2 Å². The van der Waals surface area contributed by atoms with Gasteiger partial charge in [-0.2, -0.15) is 0 Å². The van der Waals surface area contributed by atoms with E-state index in [4.69, 9.17) is 0 Å². The lowest BCUT2D eigenvalue weighted by molar-refractivity contribution is -0.166. The van der Waals surface area contributed by atoms with Crippen LogP contribution in [-0.4, -0.2) is 39.8 Å². The van der Waals surface area contributed by atoms with Gasteiger partial charge in [-0.3, -0.25) is 4.90 Å². The van der Waals surface area contributed by atoms with Crippen molar-refractivity contribution in [1.29, 1.82) is 0 Å². The lowest BCUT2D eigenvalue weighted by atomic mass is 9.49. The number of phenols is 1. The molecule has 4 heteroatoms. The van der Waals surface area contributed by atoms with E-state index in [-0.39, 0.29) is 23.9 Å². The summed E-state index contributed by atoms with van der Waals surface area (Å²) in [6, 6.07) is 6.16. The van der Waals surface area contributed by atoms with Crippen LogP contribution >= 0.6 is 12.4 Å². The van der Waals surface area contributed by atoms with E-state index in [0.717, 1.165) is 44.6 Å². The van der Waals surface area contributed by atoms with Crippen molar-refractivity contribution in [2.45, 2.75) is 68.4 Å². The van der Waals surface area contributed by atoms with Crippen LogP contribution in [0.4, 0.5) is 0 Å². The highest BCUT2D eigenvalue weighted by Crippen LogP contribution is 2.58. The molecule has 24 heavy (non-hydrogen) atoms. The molecule has 0 amide bonds. The Morgan fingerprint density at radius 3 is 2.71 bits per heavy atom. The molecular weight excluding hydrogens is 322 g/mol. The molecule has 1 saturated heterocycles. The van der Waals surface area contributed by atoms with Crippen LogP contribution in [0.15, 0.2) is 18.2 Å². The van der Waals surface area contributed by atoms with Gasteiger partial charge < -0.3 is 10.2 Å². The van der Waals surface area contributed by atoms with Gasteiger partial charge in [0.1, 0.15) is 5.75 Å². The third-order valence-corrected chi connectivity index (χ3v) is 7.27. The summed E-state index contributed by atoms with van der Waals surface area (Å²) in [5, 5.41) is 21.9. The average molecular weight is 350 g/mol. The average Bonchev–Trinajstić information content (AvgIpc) is 3.34. The molecule has 3 fully saturated rings. The van der Waals surface area contributed by atoms with E-state index in [9.17, 15) is 10.2 Å². The number of rotatable bonds is 2. The minimum atomic E-state index is -0.598. The Morgan fingerprint density at radius 1 is 1.12 bits per heavy atom. The van der Waals surface area contributed by atoms with Crippen LogP contribution < -0.4 is 0 Å². The van der Waals surface area contributed by atoms with E-state index >= 15 is 0 Å². The number of hydrogen-bond donors (Lipinski definition) is 2. The van der Waals surface area contributed by atoms with Gasteiger partial charge in [0.05, 0.1) is 5.60 Å². The molecule has 2 bridgehead atoms. The summed E-state index contributed by atoms with van der Waals surface area (Å²) in [7, 11) is 0. The number of aliphatic hydroxyl groups is 1. The minimum Gasteiger partial charge on any atom is -0.508 e. The predicted molar refractivity (Wildman–Crippen MR) is 96.9 cm³/mol. The molecule has 1 aliphatic heterocycles. The number of hydrogen-bond acceptors (Lipinski definition) is 3. The van der Waals surface area contributed by atoms with Crippen molar-refractivity contribution >= 4 is 12.4 Å². The molecule has 2 saturated carbocycles. The van der Waals surface area contributed by atoms with Gasteiger partial charge in [0.25, 0.3) is 0 Å². The quantitative estimate of drug-likeness (QED) is 0.860. The summed E-state index contributed by atoms with van der Waals surface area (Å²) in [6.07, 6.45) is 9.08. The van der Waals surface area contributed by atoms with Crippen molar-refractivity contribution in [1.82, 2.24) is 4.90 Å². The van der Waals surface area contributed by atoms with Gasteiger partial charge in [0.2, 0.25) is 0 Å². The van der Waals surface area contributed by atoms with Gasteiger partial charge in [0, 0.05) is 18.0 Å². The van der Waals surface area contributed by atoms with Crippen LogP contribution in [0.2, 0.25) is 0 Å². The van der Waals surface area contributed by atoms with Crippen molar-refractivity contribution in [2.75, 3.05) is 13.1 Å². The van der Waals surface area contributed by atoms with Gasteiger partial charge in [-0.25, -0.2) is 0 Å². The van der Waals surface area contributed by atoms with E-state index in [1.165, 1.54) is 36.9 Å². The maximum absolute atomic E-state index is 11.9. The van der Waals surface area contributed by atoms with Crippen LogP contribution in [0.1, 0.15) is 56.1 Å². The van der Waals surface area contributed by atoms with Crippen LogP contribution in [0.5, 0.6) is 5.75 Å². The molecule has 132 valence electrons. The first kappa shape index (κ1) is 16.7. The fraction of sp³-hybridized carbons (Fsp3) is 0.700. The van der Waals surface area contributed by atoms with Gasteiger partial charge in [-0.05, 0) is 74.2 Å². The lowest BCUT2D eigenvalue weighted by Crippen LogP contribution is -2.72. The van der Waals surface area contributed by atoms with Gasteiger partial charge in [0.15, 0.2) is 0 Å². The second-order valence-electron chi connectivity index (χ2n) is 8.46. The molecule has 1 aromatic rings. The van der Waals surface area contributed by atoms with Crippen LogP contribution in [0, 0.1) is 5.92 Å². The molecule has 2 N–H and O–H groups in total. The molecule has 3 atom stereocenters. The standard InChI is InChI=1S/C20H27NO2.ClH/c22-16-6-5-15-11-18-20(23)8-2-1-7-19(20,17(15)12-16)9-10-21(18)13-14-3-4-14;/h5-6,12,14,18,22-23H,1-4,7-11,13H2;1H/t18-,19+,20-;/m1./s1. The highest BCUT2D eigenvalue weighted by Gasteiger charge is 2.63. The maximum Gasteiger partial charge on any atom is 0.115 e. The molecule has 0 unspecified atom stereocenters. The number of nitrogens with zero attached hydrogens (tertiary/aromatic N) is 1. The summed E-state index contributed by atoms with van der Waals surface area (Å²) < 4.78 is 0. The van der Waals surface area contributed by atoms with Crippen LogP contribution in [0.3, 0.4) is 0 Å². The second-order valence-corrected chi connectivity index (χ2v) is 8.46. The predicted octanol–water partition coefficient (Wildman–Crippen LogP) is 3.40. The first-order chi connectivity index (χ1) is 11.1. The van der Waals surface area contributed by atoms with Gasteiger partial charge >= 0.3 is 0 Å². The van der Waals surface area contributed by atoms with E-state index in [0.29, 0.717) is 5.75 Å². The lowest BCUT2D eigenvalue weighted by Gasteiger charge is -2.64. The largest absolute Gasteiger partial charge is 0.508 e. The van der Waals surface area contributed by atoms with Crippen LogP contribution in [-0.2, 0) is 11.8 Å². The van der Waals surface area contributed by atoms with E-state index < -0.39 is 5.60 Å².